The van der Waals surface area contributed by atoms with Crippen molar-refractivity contribution < 1.29 is 42.1 Å². The molecule has 1 N–H and O–H groups in total. The van der Waals surface area contributed by atoms with Gasteiger partial charge in [-0.2, -0.15) is 13.2 Å². The number of carbonyl (C=O) groups excluding carboxylic acids is 1. The minimum atomic E-state index is -5.08. The van der Waals surface area contributed by atoms with Crippen molar-refractivity contribution >= 4 is 11.9 Å². The number of alkyl halides is 3. The van der Waals surface area contributed by atoms with E-state index < -0.39 is 12.1 Å². The predicted octanol–water partition coefficient (Wildman–Crippen LogP) is 2.14. The minimum Gasteiger partial charge on any atom is -0.477 e. The second kappa shape index (κ2) is 10.6. The number of piperidine rings is 1. The molecule has 1 aromatic heterocycles. The number of nitrogens with zero attached hydrogens (tertiary/aromatic N) is 2. The molecule has 3 rings (SSSR count). The quantitative estimate of drug-likeness (QED) is 0.758. The van der Waals surface area contributed by atoms with E-state index in [0.717, 1.165) is 32.4 Å². The molecular formula is C19H25F3N2O6. The highest BCUT2D eigenvalue weighted by molar-refractivity contribution is 5.77. The van der Waals surface area contributed by atoms with Crippen molar-refractivity contribution in [1.29, 1.82) is 0 Å². The summed E-state index contributed by atoms with van der Waals surface area (Å²) < 4.78 is 48.7. The molecule has 0 aromatic carbocycles. The van der Waals surface area contributed by atoms with Crippen LogP contribution in [0.3, 0.4) is 0 Å². The Morgan fingerprint density at radius 1 is 1.40 bits per heavy atom. The molecule has 1 amide bonds. The number of carbonyl (C=O) groups is 2. The smallest absolute Gasteiger partial charge is 0.477 e. The van der Waals surface area contributed by atoms with Gasteiger partial charge < -0.3 is 24.2 Å². The Labute approximate surface area is 171 Å². The van der Waals surface area contributed by atoms with Crippen LogP contribution in [0.2, 0.25) is 0 Å². The first kappa shape index (κ1) is 23.9. The zero-order valence-corrected chi connectivity index (χ0v) is 16.6. The molecule has 0 bridgehead atoms. The predicted molar refractivity (Wildman–Crippen MR) is 97.9 cm³/mol. The van der Waals surface area contributed by atoms with Crippen molar-refractivity contribution in [2.75, 3.05) is 40.0 Å². The Bertz CT molecular complexity index is 703. The van der Waals surface area contributed by atoms with E-state index in [-0.39, 0.29) is 24.0 Å². The lowest BCUT2D eigenvalue weighted by Gasteiger charge is -2.50. The van der Waals surface area contributed by atoms with Crippen LogP contribution in [0.15, 0.2) is 24.4 Å². The lowest BCUT2D eigenvalue weighted by atomic mass is 9.73. The van der Waals surface area contributed by atoms with Gasteiger partial charge >= 0.3 is 12.1 Å². The van der Waals surface area contributed by atoms with Gasteiger partial charge in [0.25, 0.3) is 0 Å². The number of halogens is 3. The van der Waals surface area contributed by atoms with Gasteiger partial charge in [-0.25, -0.2) is 9.78 Å². The maximum absolute atomic E-state index is 12.2. The van der Waals surface area contributed by atoms with Gasteiger partial charge in [-0.1, -0.05) is 6.07 Å². The number of ether oxygens (including phenoxy) is 3. The maximum atomic E-state index is 12.2. The van der Waals surface area contributed by atoms with Crippen molar-refractivity contribution in [3.63, 3.8) is 0 Å². The molecule has 0 aliphatic carbocycles. The van der Waals surface area contributed by atoms with Crippen LogP contribution in [0.4, 0.5) is 13.2 Å². The molecule has 2 atom stereocenters. The summed E-state index contributed by atoms with van der Waals surface area (Å²) in [6.07, 6.45) is -0.375. The third-order valence-corrected chi connectivity index (χ3v) is 5.00. The van der Waals surface area contributed by atoms with E-state index in [2.05, 4.69) is 4.98 Å². The summed E-state index contributed by atoms with van der Waals surface area (Å²) in [7, 11) is 1.55. The molecule has 2 aliphatic rings. The van der Waals surface area contributed by atoms with E-state index in [1.54, 1.807) is 13.3 Å². The fourth-order valence-corrected chi connectivity index (χ4v) is 3.58. The lowest BCUT2D eigenvalue weighted by Crippen LogP contribution is -2.59. The standard InChI is InChI=1S/C17H24N2O4.C2HF3O2/c1-21-11-16(20)19-9-6-14-17(12-19,7-4-10-22-14)13-23-15-5-2-3-8-18-15;3-2(4,5)1(6)7/h2-3,5,8,14H,4,6-7,9-13H2,1H3;(H,6,7). The molecule has 3 heterocycles. The van der Waals surface area contributed by atoms with E-state index in [9.17, 15) is 18.0 Å². The van der Waals surface area contributed by atoms with E-state index in [4.69, 9.17) is 24.1 Å². The summed E-state index contributed by atoms with van der Waals surface area (Å²) >= 11 is 0. The Morgan fingerprint density at radius 2 is 2.13 bits per heavy atom. The summed E-state index contributed by atoms with van der Waals surface area (Å²) in [6.45, 7) is 2.82. The molecule has 30 heavy (non-hydrogen) atoms. The van der Waals surface area contributed by atoms with Crippen LogP contribution in [-0.4, -0.2) is 79.2 Å². The Hall–Kier alpha value is -2.40. The fraction of sp³-hybridized carbons (Fsp3) is 0.632. The van der Waals surface area contributed by atoms with Crippen molar-refractivity contribution in [1.82, 2.24) is 9.88 Å². The number of carboxylic acids is 1. The monoisotopic (exact) mass is 434 g/mol. The molecular weight excluding hydrogens is 409 g/mol. The van der Waals surface area contributed by atoms with Gasteiger partial charge in [-0.3, -0.25) is 4.79 Å². The number of methoxy groups -OCH3 is 1. The first-order chi connectivity index (χ1) is 14.2. The number of aliphatic carboxylic acids is 1. The number of aromatic nitrogens is 1. The highest BCUT2D eigenvalue weighted by Gasteiger charge is 2.47. The van der Waals surface area contributed by atoms with Crippen molar-refractivity contribution in [3.05, 3.63) is 24.4 Å². The number of pyridine rings is 1. The molecule has 1 aromatic rings. The Morgan fingerprint density at radius 3 is 2.73 bits per heavy atom. The Kier molecular flexibility index (Phi) is 8.42. The summed E-state index contributed by atoms with van der Waals surface area (Å²) in [5.74, 6) is -2.10. The number of amides is 1. The third-order valence-electron chi connectivity index (χ3n) is 5.00. The first-order valence-electron chi connectivity index (χ1n) is 9.40. The van der Waals surface area contributed by atoms with Gasteiger partial charge in [0.1, 0.15) is 6.61 Å². The summed E-state index contributed by atoms with van der Waals surface area (Å²) in [5, 5.41) is 7.12. The average Bonchev–Trinajstić information content (AvgIpc) is 2.72. The van der Waals surface area contributed by atoms with E-state index in [1.165, 1.54) is 0 Å². The van der Waals surface area contributed by atoms with E-state index >= 15 is 0 Å². The number of hydrogen-bond acceptors (Lipinski definition) is 6. The van der Waals surface area contributed by atoms with Crippen molar-refractivity contribution in [3.8, 4) is 5.88 Å². The summed E-state index contributed by atoms with van der Waals surface area (Å²) in [6, 6.07) is 5.62. The highest BCUT2D eigenvalue weighted by Crippen LogP contribution is 2.40. The first-order valence-corrected chi connectivity index (χ1v) is 9.40. The molecule has 0 radical (unpaired) electrons. The van der Waals surface area contributed by atoms with Crippen LogP contribution in [0.1, 0.15) is 19.3 Å². The number of rotatable bonds is 5. The number of likely N-dealkylation sites (tertiary alicyclic amines) is 1. The maximum Gasteiger partial charge on any atom is 0.490 e. The van der Waals surface area contributed by atoms with Gasteiger partial charge in [0.2, 0.25) is 11.8 Å². The van der Waals surface area contributed by atoms with Crippen LogP contribution in [0, 0.1) is 5.41 Å². The average molecular weight is 434 g/mol. The molecule has 8 nitrogen and oxygen atoms in total. The normalized spacial score (nSPS) is 23.6. The van der Waals surface area contributed by atoms with Crippen LogP contribution >= 0.6 is 0 Å². The molecule has 0 saturated carbocycles. The Balaban J connectivity index is 0.000000396. The van der Waals surface area contributed by atoms with Gasteiger partial charge in [0, 0.05) is 44.5 Å². The second-order valence-corrected chi connectivity index (χ2v) is 7.12. The van der Waals surface area contributed by atoms with Crippen LogP contribution in [-0.2, 0) is 19.1 Å². The van der Waals surface area contributed by atoms with Crippen molar-refractivity contribution in [2.45, 2.75) is 31.5 Å². The van der Waals surface area contributed by atoms with Crippen molar-refractivity contribution in [2.24, 2.45) is 5.41 Å². The summed E-state index contributed by atoms with van der Waals surface area (Å²) in [4.78, 5) is 27.2. The zero-order chi connectivity index (χ0) is 22.2. The minimum absolute atomic E-state index is 0.0359. The van der Waals surface area contributed by atoms with Crippen LogP contribution in [0.5, 0.6) is 5.88 Å². The van der Waals surface area contributed by atoms with Gasteiger partial charge in [-0.05, 0) is 25.3 Å². The molecule has 2 unspecified atom stereocenters. The van der Waals surface area contributed by atoms with E-state index in [0.29, 0.717) is 19.0 Å². The van der Waals surface area contributed by atoms with Crippen LogP contribution in [0.25, 0.3) is 0 Å². The van der Waals surface area contributed by atoms with Crippen LogP contribution < -0.4 is 4.74 Å². The molecule has 168 valence electrons. The SMILES string of the molecule is COCC(=O)N1CCC2OCCCC2(COc2ccccn2)C1.O=C(O)C(F)(F)F. The topological polar surface area (TPSA) is 98.2 Å². The molecule has 11 heteroatoms. The lowest BCUT2D eigenvalue weighted by molar-refractivity contribution is -0.192. The third kappa shape index (κ3) is 6.56. The zero-order valence-electron chi connectivity index (χ0n) is 16.6. The molecule has 2 aliphatic heterocycles. The summed E-state index contributed by atoms with van der Waals surface area (Å²) in [5.41, 5.74) is -0.155. The fourth-order valence-electron chi connectivity index (χ4n) is 3.58. The molecule has 0 spiro atoms. The van der Waals surface area contributed by atoms with Gasteiger partial charge in [-0.15, -0.1) is 0 Å². The molecule has 2 fully saturated rings. The highest BCUT2D eigenvalue weighted by atomic mass is 19.4. The number of hydrogen-bond donors (Lipinski definition) is 1. The molecule has 2 saturated heterocycles. The second-order valence-electron chi connectivity index (χ2n) is 7.12. The van der Waals surface area contributed by atoms with Gasteiger partial charge in [0.05, 0.1) is 12.7 Å². The number of fused-ring (bicyclic) bond motifs is 1. The van der Waals surface area contributed by atoms with E-state index in [1.807, 2.05) is 23.1 Å². The van der Waals surface area contributed by atoms with Gasteiger partial charge in [0.15, 0.2) is 0 Å². The largest absolute Gasteiger partial charge is 0.490 e. The number of carboxylic acid groups (broad SMARTS) is 1.